The van der Waals surface area contributed by atoms with Gasteiger partial charge in [-0.1, -0.05) is 30.3 Å². The first kappa shape index (κ1) is 21.5. The van der Waals surface area contributed by atoms with Gasteiger partial charge in [-0.05, 0) is 106 Å². The molecule has 0 aromatic heterocycles. The third kappa shape index (κ3) is 3.84. The van der Waals surface area contributed by atoms with Gasteiger partial charge >= 0.3 is 0 Å². The fraction of sp³-hybridized carbons (Fsp3) is 0.741. The van der Waals surface area contributed by atoms with Crippen molar-refractivity contribution in [3.8, 4) is 0 Å². The first-order valence-electron chi connectivity index (χ1n) is 12.6. The summed E-state index contributed by atoms with van der Waals surface area (Å²) in [5.74, 6) is 1.62. The molecular weight excluding hydrogens is 384 g/mol. The molecule has 1 aromatic rings. The molecule has 5 fully saturated rings. The number of amides is 1. The molecule has 4 bridgehead atoms. The summed E-state index contributed by atoms with van der Waals surface area (Å²) in [5, 5.41) is 3.54. The Hall–Kier alpha value is -1.39. The summed E-state index contributed by atoms with van der Waals surface area (Å²) in [6.07, 6.45) is 11.2. The van der Waals surface area contributed by atoms with Gasteiger partial charge in [-0.15, -0.1) is 0 Å². The van der Waals surface area contributed by atoms with Crippen molar-refractivity contribution in [1.82, 2.24) is 5.32 Å². The molecule has 5 saturated carbocycles. The van der Waals surface area contributed by atoms with E-state index in [0.717, 1.165) is 64.7 Å². The molecule has 3 N–H and O–H groups in total. The van der Waals surface area contributed by atoms with Crippen LogP contribution in [0, 0.1) is 22.7 Å². The van der Waals surface area contributed by atoms with Gasteiger partial charge in [0, 0.05) is 12.6 Å². The highest BCUT2D eigenvalue weighted by atomic mass is 16.5. The Kier molecular flexibility index (Phi) is 5.67. The molecule has 4 heteroatoms. The maximum atomic E-state index is 13.9. The Bertz CT molecular complexity index is 790. The number of nitrogens with one attached hydrogen (secondary N) is 1. The van der Waals surface area contributed by atoms with Crippen molar-refractivity contribution >= 4 is 5.91 Å². The van der Waals surface area contributed by atoms with Crippen LogP contribution in [0.15, 0.2) is 30.3 Å². The Morgan fingerprint density at radius 1 is 1.06 bits per heavy atom. The SMILES string of the molecule is CCOC[C@]12CC3CC(C(=O)NC4CCC(CN)CC4)(C1)C[C@@](c1ccccc1)(C3)C2. The zero-order chi connectivity index (χ0) is 21.5. The Morgan fingerprint density at radius 3 is 2.55 bits per heavy atom. The fourth-order valence-electron chi connectivity index (χ4n) is 8.37. The minimum absolute atomic E-state index is 0.131. The van der Waals surface area contributed by atoms with Crippen molar-refractivity contribution in [3.05, 3.63) is 35.9 Å². The summed E-state index contributed by atoms with van der Waals surface area (Å²) in [4.78, 5) is 13.9. The summed E-state index contributed by atoms with van der Waals surface area (Å²) >= 11 is 0. The lowest BCUT2D eigenvalue weighted by Gasteiger charge is -2.66. The quantitative estimate of drug-likeness (QED) is 0.674. The molecule has 1 aromatic carbocycles. The summed E-state index contributed by atoms with van der Waals surface area (Å²) in [5.41, 5.74) is 7.38. The van der Waals surface area contributed by atoms with Crippen molar-refractivity contribution in [2.45, 2.75) is 82.6 Å². The van der Waals surface area contributed by atoms with Crippen LogP contribution < -0.4 is 11.1 Å². The zero-order valence-corrected chi connectivity index (χ0v) is 19.2. The zero-order valence-electron chi connectivity index (χ0n) is 19.2. The van der Waals surface area contributed by atoms with Crippen molar-refractivity contribution in [2.75, 3.05) is 19.8 Å². The lowest BCUT2D eigenvalue weighted by Crippen LogP contribution is -2.64. The van der Waals surface area contributed by atoms with Gasteiger partial charge in [0.05, 0.1) is 12.0 Å². The summed E-state index contributed by atoms with van der Waals surface area (Å²) < 4.78 is 6.05. The maximum absolute atomic E-state index is 13.9. The first-order chi connectivity index (χ1) is 15.0. The number of hydrogen-bond acceptors (Lipinski definition) is 3. The van der Waals surface area contributed by atoms with Crippen molar-refractivity contribution in [1.29, 1.82) is 0 Å². The predicted octanol–water partition coefficient (Wildman–Crippen LogP) is 4.57. The van der Waals surface area contributed by atoms with Crippen LogP contribution in [-0.4, -0.2) is 31.7 Å². The molecule has 170 valence electrons. The highest BCUT2D eigenvalue weighted by Crippen LogP contribution is 2.70. The van der Waals surface area contributed by atoms with Crippen LogP contribution in [-0.2, 0) is 14.9 Å². The summed E-state index contributed by atoms with van der Waals surface area (Å²) in [7, 11) is 0. The smallest absolute Gasteiger partial charge is 0.226 e. The normalized spacial score (nSPS) is 41.3. The minimum atomic E-state index is -0.225. The molecule has 5 aliphatic carbocycles. The van der Waals surface area contributed by atoms with Gasteiger partial charge in [0.2, 0.25) is 5.91 Å². The molecule has 6 rings (SSSR count). The first-order valence-corrected chi connectivity index (χ1v) is 12.6. The minimum Gasteiger partial charge on any atom is -0.381 e. The van der Waals surface area contributed by atoms with E-state index in [1.165, 1.54) is 24.8 Å². The average molecular weight is 425 g/mol. The molecule has 0 heterocycles. The summed E-state index contributed by atoms with van der Waals surface area (Å²) in [6.45, 7) is 4.44. The molecule has 4 atom stereocenters. The van der Waals surface area contributed by atoms with Crippen LogP contribution in [0.1, 0.15) is 76.7 Å². The Balaban J connectivity index is 1.42. The van der Waals surface area contributed by atoms with Gasteiger partial charge in [0.15, 0.2) is 0 Å². The molecule has 0 radical (unpaired) electrons. The second-order valence-electron chi connectivity index (χ2n) is 11.5. The second-order valence-corrected chi connectivity index (χ2v) is 11.5. The number of carbonyl (C=O) groups is 1. The van der Waals surface area contributed by atoms with E-state index in [1.54, 1.807) is 0 Å². The topological polar surface area (TPSA) is 64.3 Å². The van der Waals surface area contributed by atoms with E-state index in [9.17, 15) is 4.79 Å². The largest absolute Gasteiger partial charge is 0.381 e. The molecule has 2 unspecified atom stereocenters. The van der Waals surface area contributed by atoms with E-state index in [2.05, 4.69) is 42.6 Å². The third-order valence-electron chi connectivity index (χ3n) is 9.18. The summed E-state index contributed by atoms with van der Waals surface area (Å²) in [6, 6.07) is 11.4. The molecular formula is C27H40N2O2. The van der Waals surface area contributed by atoms with Gasteiger partial charge in [-0.25, -0.2) is 0 Å². The second kappa shape index (κ2) is 8.19. The van der Waals surface area contributed by atoms with Crippen LogP contribution in [0.4, 0.5) is 0 Å². The maximum Gasteiger partial charge on any atom is 0.226 e. The van der Waals surface area contributed by atoms with Crippen LogP contribution in [0.3, 0.4) is 0 Å². The predicted molar refractivity (Wildman–Crippen MR) is 124 cm³/mol. The Labute approximate surface area is 187 Å². The molecule has 5 aliphatic rings. The van der Waals surface area contributed by atoms with E-state index in [4.69, 9.17) is 10.5 Å². The third-order valence-corrected chi connectivity index (χ3v) is 9.18. The number of ether oxygens (including phenoxy) is 1. The number of hydrogen-bond donors (Lipinski definition) is 2. The van der Waals surface area contributed by atoms with Crippen molar-refractivity contribution < 1.29 is 9.53 Å². The lowest BCUT2D eigenvalue weighted by atomic mass is 9.38. The monoisotopic (exact) mass is 424 g/mol. The standard InChI is InChI=1S/C27H40N2O2/c1-2-31-19-25-12-21-13-26(16-25,22-6-4-3-5-7-22)18-27(14-21,17-25)24(30)29-23-10-8-20(15-28)9-11-23/h3-7,20-21,23H,2,8-19,28H2,1H3,(H,29,30)/t20?,21?,23?,25-,26+,27?/m0/s1. The van der Waals surface area contributed by atoms with Gasteiger partial charge in [-0.2, -0.15) is 0 Å². The van der Waals surface area contributed by atoms with Gasteiger partial charge < -0.3 is 15.8 Å². The van der Waals surface area contributed by atoms with Gasteiger partial charge in [0.25, 0.3) is 0 Å². The van der Waals surface area contributed by atoms with Crippen LogP contribution >= 0.6 is 0 Å². The molecule has 0 aliphatic heterocycles. The highest BCUT2D eigenvalue weighted by Gasteiger charge is 2.66. The average Bonchev–Trinajstić information content (AvgIpc) is 2.78. The van der Waals surface area contributed by atoms with Crippen LogP contribution in [0.25, 0.3) is 0 Å². The molecule has 0 spiro atoms. The number of benzene rings is 1. The lowest BCUT2D eigenvalue weighted by molar-refractivity contribution is -0.172. The number of rotatable bonds is 7. The Morgan fingerprint density at radius 2 is 1.84 bits per heavy atom. The van der Waals surface area contributed by atoms with Gasteiger partial charge in [0.1, 0.15) is 0 Å². The van der Waals surface area contributed by atoms with E-state index in [0.29, 0.717) is 23.8 Å². The molecule has 1 amide bonds. The fourth-order valence-corrected chi connectivity index (χ4v) is 8.37. The number of nitrogens with two attached hydrogens (primary N) is 1. The van der Waals surface area contributed by atoms with E-state index >= 15 is 0 Å². The van der Waals surface area contributed by atoms with Crippen molar-refractivity contribution in [3.63, 3.8) is 0 Å². The van der Waals surface area contributed by atoms with Crippen molar-refractivity contribution in [2.24, 2.45) is 28.4 Å². The molecule has 4 nitrogen and oxygen atoms in total. The van der Waals surface area contributed by atoms with E-state index in [1.807, 2.05) is 0 Å². The molecule has 0 saturated heterocycles. The van der Waals surface area contributed by atoms with E-state index in [-0.39, 0.29) is 16.2 Å². The van der Waals surface area contributed by atoms with Gasteiger partial charge in [-0.3, -0.25) is 4.79 Å². The number of carbonyl (C=O) groups excluding carboxylic acids is 1. The highest BCUT2D eigenvalue weighted by molar-refractivity contribution is 5.84. The van der Waals surface area contributed by atoms with Crippen LogP contribution in [0.2, 0.25) is 0 Å². The molecule has 31 heavy (non-hydrogen) atoms. The van der Waals surface area contributed by atoms with E-state index < -0.39 is 0 Å². The van der Waals surface area contributed by atoms with Crippen LogP contribution in [0.5, 0.6) is 0 Å².